The lowest BCUT2D eigenvalue weighted by Crippen LogP contribution is -2.13. The second kappa shape index (κ2) is 4.00. The molecule has 2 aromatic rings. The van der Waals surface area contributed by atoms with E-state index in [0.717, 1.165) is 16.9 Å². The molecule has 0 fully saturated rings. The van der Waals surface area contributed by atoms with Gasteiger partial charge in [-0.1, -0.05) is 18.2 Å². The number of nitrogens with two attached hydrogens (primary N) is 1. The third kappa shape index (κ3) is 2.26. The maximum absolute atomic E-state index is 10.8. The van der Waals surface area contributed by atoms with Crippen molar-refractivity contribution in [2.24, 2.45) is 5.73 Å². The van der Waals surface area contributed by atoms with Crippen LogP contribution in [0.1, 0.15) is 5.56 Å². The van der Waals surface area contributed by atoms with Gasteiger partial charge in [0.2, 0.25) is 5.91 Å². The molecule has 1 amide bonds. The predicted molar refractivity (Wildman–Crippen MR) is 57.0 cm³/mol. The van der Waals surface area contributed by atoms with E-state index in [1.165, 1.54) is 0 Å². The van der Waals surface area contributed by atoms with E-state index < -0.39 is 0 Å². The number of carbonyl (C=O) groups is 1. The summed E-state index contributed by atoms with van der Waals surface area (Å²) < 4.78 is 5.26. The van der Waals surface area contributed by atoms with E-state index in [9.17, 15) is 4.79 Å². The number of benzene rings is 1. The van der Waals surface area contributed by atoms with Gasteiger partial charge in [0.05, 0.1) is 12.7 Å². The highest BCUT2D eigenvalue weighted by molar-refractivity contribution is 5.77. The van der Waals surface area contributed by atoms with Crippen molar-refractivity contribution in [3.05, 3.63) is 48.2 Å². The molecule has 0 saturated carbocycles. The molecule has 3 heteroatoms. The molecule has 76 valence electrons. The number of hydrogen-bond donors (Lipinski definition) is 1. The van der Waals surface area contributed by atoms with Gasteiger partial charge in [0.15, 0.2) is 0 Å². The Hall–Kier alpha value is -2.03. The lowest BCUT2D eigenvalue weighted by molar-refractivity contribution is -0.117. The van der Waals surface area contributed by atoms with E-state index in [1.54, 1.807) is 6.26 Å². The van der Waals surface area contributed by atoms with Crippen LogP contribution in [0.15, 0.2) is 47.1 Å². The van der Waals surface area contributed by atoms with Crippen LogP contribution in [-0.4, -0.2) is 5.91 Å². The van der Waals surface area contributed by atoms with Crippen LogP contribution in [0.2, 0.25) is 0 Å². The fourth-order valence-electron chi connectivity index (χ4n) is 1.48. The summed E-state index contributed by atoms with van der Waals surface area (Å²) in [6.45, 7) is 0. The largest absolute Gasteiger partial charge is 0.464 e. The molecule has 0 aliphatic carbocycles. The van der Waals surface area contributed by atoms with Gasteiger partial charge in [0.25, 0.3) is 0 Å². The molecule has 0 unspecified atom stereocenters. The molecule has 1 aromatic heterocycles. The summed E-state index contributed by atoms with van der Waals surface area (Å²) in [5.74, 6) is 0.466. The van der Waals surface area contributed by atoms with Crippen molar-refractivity contribution in [3.8, 4) is 11.3 Å². The van der Waals surface area contributed by atoms with Crippen molar-refractivity contribution in [2.75, 3.05) is 0 Å². The molecule has 0 spiro atoms. The van der Waals surface area contributed by atoms with Crippen LogP contribution in [0.3, 0.4) is 0 Å². The third-order valence-electron chi connectivity index (χ3n) is 2.11. The molecule has 3 nitrogen and oxygen atoms in total. The van der Waals surface area contributed by atoms with Crippen molar-refractivity contribution in [3.63, 3.8) is 0 Å². The lowest BCUT2D eigenvalue weighted by atomic mass is 10.1. The van der Waals surface area contributed by atoms with Crippen molar-refractivity contribution >= 4 is 5.91 Å². The summed E-state index contributed by atoms with van der Waals surface area (Å²) in [6, 6.07) is 11.3. The Labute approximate surface area is 87.5 Å². The Balaban J connectivity index is 2.31. The smallest absolute Gasteiger partial charge is 0.221 e. The van der Waals surface area contributed by atoms with E-state index in [0.29, 0.717) is 0 Å². The van der Waals surface area contributed by atoms with Crippen molar-refractivity contribution in [2.45, 2.75) is 6.42 Å². The summed E-state index contributed by atoms with van der Waals surface area (Å²) in [4.78, 5) is 10.8. The SMILES string of the molecule is NC(=O)Cc1cccc(-c2ccco2)c1. The van der Waals surface area contributed by atoms with E-state index in [2.05, 4.69) is 0 Å². The molecule has 0 radical (unpaired) electrons. The predicted octanol–water partition coefficient (Wildman–Crippen LogP) is 1.97. The Morgan fingerprint density at radius 2 is 2.13 bits per heavy atom. The Morgan fingerprint density at radius 3 is 2.80 bits per heavy atom. The molecule has 2 N–H and O–H groups in total. The van der Waals surface area contributed by atoms with Gasteiger partial charge in [0.1, 0.15) is 5.76 Å². The maximum Gasteiger partial charge on any atom is 0.221 e. The highest BCUT2D eigenvalue weighted by atomic mass is 16.3. The van der Waals surface area contributed by atoms with Crippen LogP contribution in [0.5, 0.6) is 0 Å². The Morgan fingerprint density at radius 1 is 1.27 bits per heavy atom. The second-order valence-corrected chi connectivity index (χ2v) is 3.32. The first kappa shape index (κ1) is 9.52. The van der Waals surface area contributed by atoms with Crippen molar-refractivity contribution in [1.82, 2.24) is 0 Å². The van der Waals surface area contributed by atoms with Gasteiger partial charge in [-0.25, -0.2) is 0 Å². The lowest BCUT2D eigenvalue weighted by Gasteiger charge is -2.00. The normalized spacial score (nSPS) is 10.1. The van der Waals surface area contributed by atoms with Crippen LogP contribution in [0, 0.1) is 0 Å². The molecule has 1 aromatic carbocycles. The van der Waals surface area contributed by atoms with E-state index >= 15 is 0 Å². The number of rotatable bonds is 3. The first-order valence-corrected chi connectivity index (χ1v) is 4.67. The minimum Gasteiger partial charge on any atom is -0.464 e. The zero-order valence-corrected chi connectivity index (χ0v) is 8.14. The van der Waals surface area contributed by atoms with Gasteiger partial charge in [-0.15, -0.1) is 0 Å². The Kier molecular flexibility index (Phi) is 2.54. The van der Waals surface area contributed by atoms with Gasteiger partial charge in [0, 0.05) is 5.56 Å². The van der Waals surface area contributed by atoms with E-state index in [1.807, 2.05) is 36.4 Å². The topological polar surface area (TPSA) is 56.2 Å². The molecule has 0 atom stereocenters. The fraction of sp³-hybridized carbons (Fsp3) is 0.0833. The highest BCUT2D eigenvalue weighted by Gasteiger charge is 2.03. The average molecular weight is 201 g/mol. The van der Waals surface area contributed by atoms with Gasteiger partial charge in [-0.05, 0) is 23.8 Å². The molecule has 2 rings (SSSR count). The third-order valence-corrected chi connectivity index (χ3v) is 2.11. The van der Waals surface area contributed by atoms with Gasteiger partial charge in [-0.3, -0.25) is 4.79 Å². The zero-order chi connectivity index (χ0) is 10.7. The average Bonchev–Trinajstić information content (AvgIpc) is 2.69. The van der Waals surface area contributed by atoms with Crippen LogP contribution >= 0.6 is 0 Å². The molecule has 0 saturated heterocycles. The minimum absolute atomic E-state index is 0.258. The molecular weight excluding hydrogens is 190 g/mol. The molecule has 0 aliphatic heterocycles. The molecule has 0 aliphatic rings. The van der Waals surface area contributed by atoms with Crippen LogP contribution < -0.4 is 5.73 Å². The van der Waals surface area contributed by atoms with E-state index in [4.69, 9.17) is 10.2 Å². The zero-order valence-electron chi connectivity index (χ0n) is 8.14. The second-order valence-electron chi connectivity index (χ2n) is 3.32. The number of furan rings is 1. The highest BCUT2D eigenvalue weighted by Crippen LogP contribution is 2.20. The molecular formula is C12H11NO2. The molecule has 1 heterocycles. The number of carbonyl (C=O) groups excluding carboxylic acids is 1. The summed E-state index contributed by atoms with van der Waals surface area (Å²) in [5.41, 5.74) is 6.99. The first-order chi connectivity index (χ1) is 7.25. The standard InChI is InChI=1S/C12H11NO2/c13-12(14)8-9-3-1-4-10(7-9)11-5-2-6-15-11/h1-7H,8H2,(H2,13,14). The van der Waals surface area contributed by atoms with Crippen LogP contribution in [0.4, 0.5) is 0 Å². The van der Waals surface area contributed by atoms with Crippen LogP contribution in [0.25, 0.3) is 11.3 Å². The number of amides is 1. The quantitative estimate of drug-likeness (QED) is 0.825. The van der Waals surface area contributed by atoms with Crippen molar-refractivity contribution in [1.29, 1.82) is 0 Å². The summed E-state index contributed by atoms with van der Waals surface area (Å²) >= 11 is 0. The minimum atomic E-state index is -0.327. The van der Waals surface area contributed by atoms with Gasteiger partial charge >= 0.3 is 0 Å². The summed E-state index contributed by atoms with van der Waals surface area (Å²) in [6.07, 6.45) is 1.88. The van der Waals surface area contributed by atoms with Gasteiger partial charge < -0.3 is 10.2 Å². The maximum atomic E-state index is 10.8. The molecule has 15 heavy (non-hydrogen) atoms. The first-order valence-electron chi connectivity index (χ1n) is 4.67. The fourth-order valence-corrected chi connectivity index (χ4v) is 1.48. The van der Waals surface area contributed by atoms with Crippen LogP contribution in [-0.2, 0) is 11.2 Å². The molecule has 0 bridgehead atoms. The number of hydrogen-bond acceptors (Lipinski definition) is 2. The van der Waals surface area contributed by atoms with Crippen molar-refractivity contribution < 1.29 is 9.21 Å². The Bertz CT molecular complexity index is 460. The van der Waals surface area contributed by atoms with E-state index in [-0.39, 0.29) is 12.3 Å². The summed E-state index contributed by atoms with van der Waals surface area (Å²) in [7, 11) is 0. The summed E-state index contributed by atoms with van der Waals surface area (Å²) in [5, 5.41) is 0. The van der Waals surface area contributed by atoms with Gasteiger partial charge in [-0.2, -0.15) is 0 Å². The number of primary amides is 1. The monoisotopic (exact) mass is 201 g/mol.